The molecule has 2 rings (SSSR count). The maximum atomic E-state index is 13.3. The molecule has 0 saturated carbocycles. The van der Waals surface area contributed by atoms with Crippen LogP contribution < -0.4 is 10.1 Å². The fourth-order valence-corrected chi connectivity index (χ4v) is 2.41. The van der Waals surface area contributed by atoms with Gasteiger partial charge in [-0.25, -0.2) is 4.39 Å². The zero-order valence-corrected chi connectivity index (χ0v) is 10.5. The standard InChI is InChI=1S/C11H13BrFNO2/c1-15-11-8(4-7(13)5-9(11)12)10-6-14-2-3-16-10/h4-5,10,14H,2-3,6H2,1H3. The quantitative estimate of drug-likeness (QED) is 0.906. The summed E-state index contributed by atoms with van der Waals surface area (Å²) in [5.74, 6) is 0.340. The Hall–Kier alpha value is -0.650. The van der Waals surface area contributed by atoms with E-state index in [0.29, 0.717) is 23.4 Å². The maximum absolute atomic E-state index is 13.3. The van der Waals surface area contributed by atoms with Crippen molar-refractivity contribution in [2.24, 2.45) is 0 Å². The first-order chi connectivity index (χ1) is 7.72. The Morgan fingerprint density at radius 2 is 2.38 bits per heavy atom. The molecule has 3 nitrogen and oxygen atoms in total. The fourth-order valence-electron chi connectivity index (χ4n) is 1.80. The molecule has 0 radical (unpaired) electrons. The van der Waals surface area contributed by atoms with Gasteiger partial charge >= 0.3 is 0 Å². The molecule has 1 fully saturated rings. The zero-order valence-electron chi connectivity index (χ0n) is 8.93. The number of morpholine rings is 1. The summed E-state index contributed by atoms with van der Waals surface area (Å²) in [6.07, 6.45) is -0.157. The molecule has 1 atom stereocenters. The van der Waals surface area contributed by atoms with Crippen molar-refractivity contribution in [1.29, 1.82) is 0 Å². The van der Waals surface area contributed by atoms with Gasteiger partial charge in [-0.1, -0.05) is 0 Å². The van der Waals surface area contributed by atoms with Gasteiger partial charge in [0.2, 0.25) is 0 Å². The van der Waals surface area contributed by atoms with E-state index in [1.54, 1.807) is 7.11 Å². The first-order valence-electron chi connectivity index (χ1n) is 5.07. The molecule has 5 heteroatoms. The monoisotopic (exact) mass is 289 g/mol. The minimum absolute atomic E-state index is 0.157. The summed E-state index contributed by atoms with van der Waals surface area (Å²) in [6, 6.07) is 2.85. The normalized spacial score (nSPS) is 20.8. The van der Waals surface area contributed by atoms with E-state index in [9.17, 15) is 4.39 Å². The Balaban J connectivity index is 2.36. The lowest BCUT2D eigenvalue weighted by atomic mass is 10.1. The third-order valence-electron chi connectivity index (χ3n) is 2.52. The molecule has 0 spiro atoms. The van der Waals surface area contributed by atoms with Crippen LogP contribution in [0.15, 0.2) is 16.6 Å². The van der Waals surface area contributed by atoms with Crippen LogP contribution in [0.3, 0.4) is 0 Å². The molecule has 1 aromatic rings. The molecule has 0 aliphatic carbocycles. The number of hydrogen-bond acceptors (Lipinski definition) is 3. The van der Waals surface area contributed by atoms with E-state index < -0.39 is 0 Å². The van der Waals surface area contributed by atoms with Gasteiger partial charge < -0.3 is 14.8 Å². The van der Waals surface area contributed by atoms with E-state index in [4.69, 9.17) is 9.47 Å². The first kappa shape index (κ1) is 11.8. The number of nitrogens with one attached hydrogen (secondary N) is 1. The number of rotatable bonds is 2. The topological polar surface area (TPSA) is 30.5 Å². The summed E-state index contributed by atoms with van der Waals surface area (Å²) in [7, 11) is 1.57. The molecule has 0 aromatic heterocycles. The highest BCUT2D eigenvalue weighted by Gasteiger charge is 2.22. The molecule has 0 amide bonds. The molecule has 1 saturated heterocycles. The largest absolute Gasteiger partial charge is 0.495 e. The lowest BCUT2D eigenvalue weighted by molar-refractivity contribution is 0.0260. The van der Waals surface area contributed by atoms with Crippen molar-refractivity contribution in [3.05, 3.63) is 28.0 Å². The SMILES string of the molecule is COc1c(Br)cc(F)cc1C1CNCCO1. The van der Waals surface area contributed by atoms with E-state index in [0.717, 1.165) is 12.1 Å². The average Bonchev–Trinajstić information content (AvgIpc) is 2.29. The van der Waals surface area contributed by atoms with Crippen LogP contribution in [-0.2, 0) is 4.74 Å². The van der Waals surface area contributed by atoms with E-state index in [1.807, 2.05) is 0 Å². The Labute approximate surface area is 102 Å². The molecule has 88 valence electrons. The molecule has 16 heavy (non-hydrogen) atoms. The molecule has 1 aliphatic heterocycles. The van der Waals surface area contributed by atoms with Crippen molar-refractivity contribution in [3.63, 3.8) is 0 Å². The number of benzene rings is 1. The summed E-state index contributed by atoms with van der Waals surface area (Å²) in [6.45, 7) is 2.13. The van der Waals surface area contributed by atoms with Crippen molar-refractivity contribution < 1.29 is 13.9 Å². The predicted molar refractivity (Wildman–Crippen MR) is 62.2 cm³/mol. The summed E-state index contributed by atoms with van der Waals surface area (Å²) in [5.41, 5.74) is 0.738. The minimum atomic E-state index is -0.295. The van der Waals surface area contributed by atoms with E-state index in [-0.39, 0.29) is 11.9 Å². The second-order valence-electron chi connectivity index (χ2n) is 3.57. The molecule has 1 N–H and O–H groups in total. The van der Waals surface area contributed by atoms with Crippen LogP contribution in [0.2, 0.25) is 0 Å². The maximum Gasteiger partial charge on any atom is 0.139 e. The predicted octanol–water partition coefficient (Wildman–Crippen LogP) is 2.26. The van der Waals surface area contributed by atoms with Gasteiger partial charge in [0.05, 0.1) is 24.3 Å². The molecule has 1 heterocycles. The second-order valence-corrected chi connectivity index (χ2v) is 4.43. The van der Waals surface area contributed by atoms with E-state index >= 15 is 0 Å². The zero-order chi connectivity index (χ0) is 11.5. The molecule has 1 unspecified atom stereocenters. The highest BCUT2D eigenvalue weighted by Crippen LogP contribution is 2.35. The van der Waals surface area contributed by atoms with Gasteiger partial charge in [-0.05, 0) is 28.1 Å². The smallest absolute Gasteiger partial charge is 0.139 e. The van der Waals surface area contributed by atoms with Crippen LogP contribution in [0.4, 0.5) is 4.39 Å². The minimum Gasteiger partial charge on any atom is -0.495 e. The molecular formula is C11H13BrFNO2. The van der Waals surface area contributed by atoms with Crippen molar-refractivity contribution in [2.75, 3.05) is 26.8 Å². The molecule has 1 aliphatic rings. The summed E-state index contributed by atoms with van der Waals surface area (Å²) in [4.78, 5) is 0. The third kappa shape index (κ3) is 2.36. The average molecular weight is 290 g/mol. The third-order valence-corrected chi connectivity index (χ3v) is 3.10. The van der Waals surface area contributed by atoms with Crippen LogP contribution in [0.5, 0.6) is 5.75 Å². The van der Waals surface area contributed by atoms with Crippen LogP contribution in [0, 0.1) is 5.82 Å². The lowest BCUT2D eigenvalue weighted by Gasteiger charge is -2.25. The Morgan fingerprint density at radius 1 is 1.56 bits per heavy atom. The van der Waals surface area contributed by atoms with Gasteiger partial charge in [-0.15, -0.1) is 0 Å². The fraction of sp³-hybridized carbons (Fsp3) is 0.455. The van der Waals surface area contributed by atoms with Crippen LogP contribution in [0.1, 0.15) is 11.7 Å². The Morgan fingerprint density at radius 3 is 3.00 bits per heavy atom. The highest BCUT2D eigenvalue weighted by molar-refractivity contribution is 9.10. The van der Waals surface area contributed by atoms with Crippen LogP contribution >= 0.6 is 15.9 Å². The van der Waals surface area contributed by atoms with E-state index in [2.05, 4.69) is 21.2 Å². The second kappa shape index (κ2) is 5.12. The molecule has 1 aromatic carbocycles. The molecular weight excluding hydrogens is 277 g/mol. The van der Waals surface area contributed by atoms with Gasteiger partial charge in [0.15, 0.2) is 0 Å². The molecule has 0 bridgehead atoms. The number of hydrogen-bond donors (Lipinski definition) is 1. The van der Waals surface area contributed by atoms with Gasteiger partial charge in [-0.3, -0.25) is 0 Å². The van der Waals surface area contributed by atoms with Gasteiger partial charge in [0.1, 0.15) is 11.6 Å². The van der Waals surface area contributed by atoms with Gasteiger partial charge in [-0.2, -0.15) is 0 Å². The van der Waals surface area contributed by atoms with E-state index in [1.165, 1.54) is 12.1 Å². The summed E-state index contributed by atoms with van der Waals surface area (Å²) in [5, 5.41) is 3.21. The summed E-state index contributed by atoms with van der Waals surface area (Å²) < 4.78 is 24.8. The van der Waals surface area contributed by atoms with Crippen LogP contribution in [-0.4, -0.2) is 26.8 Å². The van der Waals surface area contributed by atoms with Crippen molar-refractivity contribution in [1.82, 2.24) is 5.32 Å². The Bertz CT molecular complexity index is 380. The lowest BCUT2D eigenvalue weighted by Crippen LogP contribution is -2.33. The van der Waals surface area contributed by atoms with Gasteiger partial charge in [0, 0.05) is 18.7 Å². The number of ether oxygens (including phenoxy) is 2. The highest BCUT2D eigenvalue weighted by atomic mass is 79.9. The Kier molecular flexibility index (Phi) is 3.78. The first-order valence-corrected chi connectivity index (χ1v) is 5.87. The number of halogens is 2. The van der Waals surface area contributed by atoms with Gasteiger partial charge in [0.25, 0.3) is 0 Å². The number of methoxy groups -OCH3 is 1. The summed E-state index contributed by atoms with van der Waals surface area (Å²) >= 11 is 3.28. The van der Waals surface area contributed by atoms with Crippen LogP contribution in [0.25, 0.3) is 0 Å². The van der Waals surface area contributed by atoms with Crippen molar-refractivity contribution in [3.8, 4) is 5.75 Å². The van der Waals surface area contributed by atoms with Crippen molar-refractivity contribution >= 4 is 15.9 Å². The van der Waals surface area contributed by atoms with Crippen molar-refractivity contribution in [2.45, 2.75) is 6.10 Å².